The van der Waals surface area contributed by atoms with Crippen LogP contribution in [0.25, 0.3) is 0 Å². The molecule has 2 atom stereocenters. The Morgan fingerprint density at radius 3 is 2.67 bits per heavy atom. The number of ether oxygens (including phenoxy) is 2. The monoisotopic (exact) mass is 303 g/mol. The lowest BCUT2D eigenvalue weighted by molar-refractivity contribution is -0.157. The van der Waals surface area contributed by atoms with Gasteiger partial charge >= 0.3 is 6.18 Å². The first-order valence-corrected chi connectivity index (χ1v) is 7.13. The second-order valence-electron chi connectivity index (χ2n) is 5.10. The number of alkyl halides is 3. The highest BCUT2D eigenvalue weighted by molar-refractivity contribution is 5.50. The zero-order valence-corrected chi connectivity index (χ0v) is 12.4. The number of hydrogen-bond donors (Lipinski definition) is 1. The molecular weight excluding hydrogens is 283 g/mol. The molecule has 0 saturated carbocycles. The van der Waals surface area contributed by atoms with Crippen LogP contribution in [0.2, 0.25) is 0 Å². The Labute approximate surface area is 122 Å². The van der Waals surface area contributed by atoms with E-state index in [1.54, 1.807) is 19.9 Å². The molecule has 2 unspecified atom stereocenters. The molecule has 1 aromatic carbocycles. The highest BCUT2D eigenvalue weighted by Crippen LogP contribution is 2.42. The number of rotatable bonds is 5. The Morgan fingerprint density at radius 2 is 2.10 bits per heavy atom. The average molecular weight is 303 g/mol. The third-order valence-corrected chi connectivity index (χ3v) is 3.37. The lowest BCUT2D eigenvalue weighted by Crippen LogP contribution is -2.34. The van der Waals surface area contributed by atoms with E-state index in [9.17, 15) is 13.2 Å². The Bertz CT molecular complexity index is 502. The van der Waals surface area contributed by atoms with Gasteiger partial charge in [0.15, 0.2) is 0 Å². The van der Waals surface area contributed by atoms with Gasteiger partial charge in [-0.1, -0.05) is 6.92 Å². The van der Waals surface area contributed by atoms with Gasteiger partial charge in [0, 0.05) is 17.5 Å². The minimum Gasteiger partial charge on any atom is -0.494 e. The third kappa shape index (κ3) is 3.43. The van der Waals surface area contributed by atoms with Crippen LogP contribution in [0, 0.1) is 0 Å². The Hall–Kier alpha value is -1.43. The van der Waals surface area contributed by atoms with E-state index in [0.717, 1.165) is 5.56 Å². The molecule has 0 spiro atoms. The van der Waals surface area contributed by atoms with Gasteiger partial charge in [0.05, 0.1) is 6.61 Å². The van der Waals surface area contributed by atoms with E-state index in [1.165, 1.54) is 6.07 Å². The summed E-state index contributed by atoms with van der Waals surface area (Å²) >= 11 is 0. The zero-order chi connectivity index (χ0) is 15.6. The number of fused-ring (bicyclic) bond motifs is 1. The molecule has 0 amide bonds. The zero-order valence-electron chi connectivity index (χ0n) is 12.4. The molecule has 1 aliphatic rings. The Balaban J connectivity index is 2.47. The standard InChI is InChI=1S/C15H20F3NO2/c1-4-19-14(15(16,17)18)11-8-12-10(6-9(3)21-12)7-13(11)20-5-2/h7-9,14,19H,4-6H2,1-3H3. The van der Waals surface area contributed by atoms with Crippen LogP contribution in [0.15, 0.2) is 12.1 Å². The van der Waals surface area contributed by atoms with Crippen molar-refractivity contribution in [1.29, 1.82) is 0 Å². The van der Waals surface area contributed by atoms with Crippen molar-refractivity contribution >= 4 is 0 Å². The maximum atomic E-state index is 13.3. The summed E-state index contributed by atoms with van der Waals surface area (Å²) in [5, 5.41) is 2.48. The van der Waals surface area contributed by atoms with E-state index in [-0.39, 0.29) is 24.0 Å². The highest BCUT2D eigenvalue weighted by atomic mass is 19.4. The summed E-state index contributed by atoms with van der Waals surface area (Å²) < 4.78 is 50.8. The van der Waals surface area contributed by atoms with Crippen molar-refractivity contribution in [3.8, 4) is 11.5 Å². The van der Waals surface area contributed by atoms with Crippen molar-refractivity contribution in [3.63, 3.8) is 0 Å². The van der Waals surface area contributed by atoms with Gasteiger partial charge in [-0.2, -0.15) is 13.2 Å². The quantitative estimate of drug-likeness (QED) is 0.901. The second kappa shape index (κ2) is 6.13. The Morgan fingerprint density at radius 1 is 1.38 bits per heavy atom. The third-order valence-electron chi connectivity index (χ3n) is 3.37. The smallest absolute Gasteiger partial charge is 0.408 e. The van der Waals surface area contributed by atoms with Gasteiger partial charge in [-0.05, 0) is 32.5 Å². The summed E-state index contributed by atoms with van der Waals surface area (Å²) in [6, 6.07) is 1.38. The fraction of sp³-hybridized carbons (Fsp3) is 0.600. The second-order valence-corrected chi connectivity index (χ2v) is 5.10. The molecular formula is C15H20F3NO2. The molecule has 2 rings (SSSR count). The summed E-state index contributed by atoms with van der Waals surface area (Å²) in [6.45, 7) is 5.82. The van der Waals surface area contributed by atoms with E-state index in [1.807, 2.05) is 6.92 Å². The van der Waals surface area contributed by atoms with E-state index in [0.29, 0.717) is 18.8 Å². The van der Waals surface area contributed by atoms with Gasteiger partial charge < -0.3 is 14.8 Å². The number of hydrogen-bond acceptors (Lipinski definition) is 3. The Kier molecular flexibility index (Phi) is 4.66. The van der Waals surface area contributed by atoms with Crippen LogP contribution in [0.4, 0.5) is 13.2 Å². The van der Waals surface area contributed by atoms with Crippen molar-refractivity contribution in [1.82, 2.24) is 5.32 Å². The number of nitrogens with one attached hydrogen (secondary N) is 1. The largest absolute Gasteiger partial charge is 0.494 e. The topological polar surface area (TPSA) is 30.5 Å². The van der Waals surface area contributed by atoms with Crippen molar-refractivity contribution in [2.75, 3.05) is 13.2 Å². The molecule has 0 radical (unpaired) electrons. The molecule has 0 bridgehead atoms. The van der Waals surface area contributed by atoms with Gasteiger partial charge in [-0.15, -0.1) is 0 Å². The lowest BCUT2D eigenvalue weighted by atomic mass is 10.0. The molecule has 1 aliphatic heterocycles. The molecule has 0 saturated heterocycles. The number of halogens is 3. The molecule has 21 heavy (non-hydrogen) atoms. The van der Waals surface area contributed by atoms with Crippen LogP contribution in [-0.2, 0) is 6.42 Å². The molecule has 1 N–H and O–H groups in total. The molecule has 6 heteroatoms. The molecule has 1 aromatic rings. The summed E-state index contributed by atoms with van der Waals surface area (Å²) in [7, 11) is 0. The van der Waals surface area contributed by atoms with Crippen molar-refractivity contribution in [2.24, 2.45) is 0 Å². The molecule has 1 heterocycles. The number of benzene rings is 1. The highest BCUT2D eigenvalue weighted by Gasteiger charge is 2.42. The van der Waals surface area contributed by atoms with Crippen LogP contribution in [0.5, 0.6) is 11.5 Å². The van der Waals surface area contributed by atoms with Crippen molar-refractivity contribution in [2.45, 2.75) is 45.5 Å². The summed E-state index contributed by atoms with van der Waals surface area (Å²) in [5.74, 6) is 0.797. The van der Waals surface area contributed by atoms with Crippen molar-refractivity contribution < 1.29 is 22.6 Å². The molecule has 0 fully saturated rings. The lowest BCUT2D eigenvalue weighted by Gasteiger charge is -2.24. The van der Waals surface area contributed by atoms with Gasteiger partial charge in [-0.25, -0.2) is 0 Å². The normalized spacial score (nSPS) is 19.0. The maximum Gasteiger partial charge on any atom is 0.408 e. The molecule has 0 aromatic heterocycles. The first kappa shape index (κ1) is 15.9. The van der Waals surface area contributed by atoms with Crippen LogP contribution in [0.1, 0.15) is 37.9 Å². The van der Waals surface area contributed by atoms with Crippen LogP contribution in [-0.4, -0.2) is 25.4 Å². The minimum absolute atomic E-state index is 0.0202. The van der Waals surface area contributed by atoms with E-state index in [4.69, 9.17) is 9.47 Å². The fourth-order valence-electron chi connectivity index (χ4n) is 2.57. The summed E-state index contributed by atoms with van der Waals surface area (Å²) in [5.41, 5.74) is 0.978. The van der Waals surface area contributed by atoms with Gasteiger partial charge in [-0.3, -0.25) is 0 Å². The van der Waals surface area contributed by atoms with Crippen LogP contribution in [0.3, 0.4) is 0 Å². The SMILES string of the molecule is CCNC(c1cc2c(cc1OCC)CC(C)O2)C(F)(F)F. The summed E-state index contributed by atoms with van der Waals surface area (Å²) in [4.78, 5) is 0. The van der Waals surface area contributed by atoms with Crippen LogP contribution < -0.4 is 14.8 Å². The van der Waals surface area contributed by atoms with Gasteiger partial charge in [0.2, 0.25) is 0 Å². The first-order valence-electron chi connectivity index (χ1n) is 7.13. The predicted octanol–water partition coefficient (Wildman–Crippen LogP) is 3.62. The van der Waals surface area contributed by atoms with Crippen molar-refractivity contribution in [3.05, 3.63) is 23.3 Å². The average Bonchev–Trinajstić information content (AvgIpc) is 2.73. The minimum atomic E-state index is -4.39. The molecule has 0 aliphatic carbocycles. The molecule has 3 nitrogen and oxygen atoms in total. The van der Waals surface area contributed by atoms with Crippen LogP contribution >= 0.6 is 0 Å². The van der Waals surface area contributed by atoms with Gasteiger partial charge in [0.1, 0.15) is 23.6 Å². The first-order chi connectivity index (χ1) is 9.86. The fourth-order valence-corrected chi connectivity index (χ4v) is 2.57. The molecule has 118 valence electrons. The summed E-state index contributed by atoms with van der Waals surface area (Å²) in [6.07, 6.45) is -3.72. The van der Waals surface area contributed by atoms with Gasteiger partial charge in [0.25, 0.3) is 0 Å². The predicted molar refractivity (Wildman–Crippen MR) is 73.9 cm³/mol. The maximum absolute atomic E-state index is 13.3. The van der Waals surface area contributed by atoms with E-state index >= 15 is 0 Å². The van der Waals surface area contributed by atoms with E-state index < -0.39 is 12.2 Å². The van der Waals surface area contributed by atoms with E-state index in [2.05, 4.69) is 5.32 Å².